The topological polar surface area (TPSA) is 38.9 Å². The lowest BCUT2D eigenvalue weighted by molar-refractivity contribution is 0.485. The average Bonchev–Trinajstić information content (AvgIpc) is 2.28. The maximum Gasteiger partial charge on any atom is 0.123 e. The molecule has 0 saturated heterocycles. The fraction of sp³-hybridized carbons (Fsp3) is 0.267. The van der Waals surface area contributed by atoms with Gasteiger partial charge < -0.3 is 5.73 Å². The minimum Gasteiger partial charge on any atom is -0.321 e. The van der Waals surface area contributed by atoms with E-state index < -0.39 is 5.54 Å². The molecule has 1 aromatic carbocycles. The Hall–Kier alpha value is -1.74. The van der Waals surface area contributed by atoms with Crippen molar-refractivity contribution in [2.45, 2.75) is 25.8 Å². The molecular weight excluding hydrogens is 227 g/mol. The number of nitrogens with zero attached hydrogens (tertiary/aromatic N) is 1. The first-order valence-corrected chi connectivity index (χ1v) is 5.93. The van der Waals surface area contributed by atoms with Gasteiger partial charge in [-0.1, -0.05) is 12.1 Å². The van der Waals surface area contributed by atoms with Gasteiger partial charge >= 0.3 is 0 Å². The molecule has 3 heteroatoms. The number of aryl methyl sites for hydroxylation is 1. The number of hydrogen-bond acceptors (Lipinski definition) is 2. The van der Waals surface area contributed by atoms with E-state index in [1.807, 2.05) is 26.0 Å². The van der Waals surface area contributed by atoms with Gasteiger partial charge in [0, 0.05) is 17.9 Å². The van der Waals surface area contributed by atoms with Crippen molar-refractivity contribution in [3.63, 3.8) is 0 Å². The van der Waals surface area contributed by atoms with Crippen molar-refractivity contribution >= 4 is 0 Å². The van der Waals surface area contributed by atoms with Crippen LogP contribution in [0.5, 0.6) is 0 Å². The van der Waals surface area contributed by atoms with Crippen LogP contribution in [0.25, 0.3) is 0 Å². The fourth-order valence-electron chi connectivity index (χ4n) is 2.23. The zero-order valence-electron chi connectivity index (χ0n) is 10.7. The summed E-state index contributed by atoms with van der Waals surface area (Å²) in [4.78, 5) is 4.12. The van der Waals surface area contributed by atoms with Gasteiger partial charge in [-0.25, -0.2) is 4.39 Å². The quantitative estimate of drug-likeness (QED) is 0.901. The molecule has 1 atom stereocenters. The first-order chi connectivity index (χ1) is 8.49. The van der Waals surface area contributed by atoms with Crippen molar-refractivity contribution in [1.82, 2.24) is 4.98 Å². The van der Waals surface area contributed by atoms with Crippen molar-refractivity contribution in [2.75, 3.05) is 0 Å². The largest absolute Gasteiger partial charge is 0.321 e. The molecule has 94 valence electrons. The van der Waals surface area contributed by atoms with Gasteiger partial charge in [-0.3, -0.25) is 4.98 Å². The molecule has 1 aromatic heterocycles. The third-order valence-corrected chi connectivity index (χ3v) is 3.11. The van der Waals surface area contributed by atoms with E-state index in [4.69, 9.17) is 5.73 Å². The van der Waals surface area contributed by atoms with Crippen molar-refractivity contribution in [3.05, 3.63) is 65.2 Å². The van der Waals surface area contributed by atoms with Gasteiger partial charge in [-0.15, -0.1) is 0 Å². The van der Waals surface area contributed by atoms with Gasteiger partial charge in [0.25, 0.3) is 0 Å². The van der Waals surface area contributed by atoms with Crippen molar-refractivity contribution in [2.24, 2.45) is 5.73 Å². The highest BCUT2D eigenvalue weighted by Crippen LogP contribution is 2.25. The summed E-state index contributed by atoms with van der Waals surface area (Å²) >= 11 is 0. The second-order valence-electron chi connectivity index (χ2n) is 4.91. The Balaban J connectivity index is 2.30. The smallest absolute Gasteiger partial charge is 0.123 e. The molecule has 2 N–H and O–H groups in total. The van der Waals surface area contributed by atoms with E-state index in [2.05, 4.69) is 4.98 Å². The summed E-state index contributed by atoms with van der Waals surface area (Å²) in [7, 11) is 0. The second-order valence-corrected chi connectivity index (χ2v) is 4.91. The third kappa shape index (κ3) is 2.74. The van der Waals surface area contributed by atoms with E-state index in [0.717, 1.165) is 16.7 Å². The van der Waals surface area contributed by atoms with Gasteiger partial charge in [-0.05, 0) is 55.2 Å². The first-order valence-electron chi connectivity index (χ1n) is 5.93. The van der Waals surface area contributed by atoms with Crippen LogP contribution in [0.2, 0.25) is 0 Å². The summed E-state index contributed by atoms with van der Waals surface area (Å²) in [6.45, 7) is 3.95. The summed E-state index contributed by atoms with van der Waals surface area (Å²) in [5, 5.41) is 0. The van der Waals surface area contributed by atoms with Crippen LogP contribution in [-0.2, 0) is 12.0 Å². The average molecular weight is 244 g/mol. The summed E-state index contributed by atoms with van der Waals surface area (Å²) in [5.74, 6) is -0.230. The number of halogens is 1. The van der Waals surface area contributed by atoms with Gasteiger partial charge in [0.15, 0.2) is 0 Å². The van der Waals surface area contributed by atoms with Crippen LogP contribution in [-0.4, -0.2) is 4.98 Å². The molecule has 2 rings (SSSR count). The Morgan fingerprint density at radius 3 is 2.78 bits per heavy atom. The minimum absolute atomic E-state index is 0.230. The highest BCUT2D eigenvalue weighted by molar-refractivity contribution is 5.31. The molecule has 0 saturated carbocycles. The molecule has 1 heterocycles. The lowest BCUT2D eigenvalue weighted by atomic mass is 9.85. The van der Waals surface area contributed by atoms with Crippen molar-refractivity contribution in [1.29, 1.82) is 0 Å². The number of nitrogens with two attached hydrogens (primary N) is 1. The number of benzene rings is 1. The zero-order chi connectivity index (χ0) is 13.2. The molecule has 0 aliphatic rings. The number of rotatable bonds is 3. The van der Waals surface area contributed by atoms with E-state index in [-0.39, 0.29) is 5.82 Å². The Morgan fingerprint density at radius 2 is 2.11 bits per heavy atom. The maximum atomic E-state index is 13.2. The van der Waals surface area contributed by atoms with Gasteiger partial charge in [-0.2, -0.15) is 0 Å². The molecule has 18 heavy (non-hydrogen) atoms. The number of hydrogen-bond donors (Lipinski definition) is 1. The van der Waals surface area contributed by atoms with Gasteiger partial charge in [0.1, 0.15) is 5.82 Å². The highest BCUT2D eigenvalue weighted by atomic mass is 19.1. The Labute approximate surface area is 107 Å². The molecule has 0 aliphatic carbocycles. The number of aromatic nitrogens is 1. The van der Waals surface area contributed by atoms with E-state index in [9.17, 15) is 4.39 Å². The second kappa shape index (κ2) is 4.86. The predicted molar refractivity (Wildman–Crippen MR) is 70.6 cm³/mol. The van der Waals surface area contributed by atoms with Crippen LogP contribution in [0.4, 0.5) is 4.39 Å². The van der Waals surface area contributed by atoms with Gasteiger partial charge in [0.2, 0.25) is 0 Å². The molecule has 1 unspecified atom stereocenters. The van der Waals surface area contributed by atoms with E-state index in [1.54, 1.807) is 18.5 Å². The van der Waals surface area contributed by atoms with Crippen LogP contribution < -0.4 is 5.73 Å². The molecule has 2 nitrogen and oxygen atoms in total. The van der Waals surface area contributed by atoms with Crippen LogP contribution in [0, 0.1) is 12.7 Å². The lowest BCUT2D eigenvalue weighted by Crippen LogP contribution is -2.36. The first kappa shape index (κ1) is 12.7. The molecule has 2 aromatic rings. The minimum atomic E-state index is -0.549. The van der Waals surface area contributed by atoms with Crippen molar-refractivity contribution < 1.29 is 4.39 Å². The Morgan fingerprint density at radius 1 is 1.33 bits per heavy atom. The van der Waals surface area contributed by atoms with Crippen LogP contribution >= 0.6 is 0 Å². The van der Waals surface area contributed by atoms with Crippen LogP contribution in [0.3, 0.4) is 0 Å². The Kier molecular flexibility index (Phi) is 3.43. The fourth-order valence-corrected chi connectivity index (χ4v) is 2.23. The Bertz CT molecular complexity index is 550. The monoisotopic (exact) mass is 244 g/mol. The summed E-state index contributed by atoms with van der Waals surface area (Å²) in [6, 6.07) is 8.49. The molecule has 0 aliphatic heterocycles. The van der Waals surface area contributed by atoms with E-state index in [1.165, 1.54) is 12.1 Å². The highest BCUT2D eigenvalue weighted by Gasteiger charge is 2.23. The standard InChI is InChI=1S/C15H17FN2/c1-11-6-7-18-10-14(11)15(2,17)9-12-4-3-5-13(16)8-12/h3-8,10H,9,17H2,1-2H3. The summed E-state index contributed by atoms with van der Waals surface area (Å²) in [6.07, 6.45) is 4.11. The van der Waals surface area contributed by atoms with Crippen LogP contribution in [0.15, 0.2) is 42.7 Å². The SMILES string of the molecule is Cc1ccncc1C(C)(N)Cc1cccc(F)c1. The third-order valence-electron chi connectivity index (χ3n) is 3.11. The molecular formula is C15H17FN2. The lowest BCUT2D eigenvalue weighted by Gasteiger charge is -2.26. The molecule has 0 fully saturated rings. The van der Waals surface area contributed by atoms with Crippen molar-refractivity contribution in [3.8, 4) is 0 Å². The summed E-state index contributed by atoms with van der Waals surface area (Å²) in [5.41, 5.74) is 8.80. The zero-order valence-corrected chi connectivity index (χ0v) is 10.7. The molecule has 0 radical (unpaired) electrons. The van der Waals surface area contributed by atoms with Crippen LogP contribution in [0.1, 0.15) is 23.6 Å². The normalized spacial score (nSPS) is 14.2. The predicted octanol–water partition coefficient (Wildman–Crippen LogP) is 2.95. The van der Waals surface area contributed by atoms with Gasteiger partial charge in [0.05, 0.1) is 0 Å². The summed E-state index contributed by atoms with van der Waals surface area (Å²) < 4.78 is 13.2. The van der Waals surface area contributed by atoms with E-state index in [0.29, 0.717) is 6.42 Å². The van der Waals surface area contributed by atoms with E-state index >= 15 is 0 Å². The maximum absolute atomic E-state index is 13.2. The molecule has 0 amide bonds. The number of pyridine rings is 1. The molecule has 0 spiro atoms. The molecule has 0 bridgehead atoms.